The molecular formula is C21H20O2. The molecule has 0 aliphatic heterocycles. The lowest BCUT2D eigenvalue weighted by Crippen LogP contribution is -2.06. The van der Waals surface area contributed by atoms with Crippen molar-refractivity contribution in [1.82, 2.24) is 0 Å². The minimum Gasteiger partial charge on any atom is -0.508 e. The minimum absolute atomic E-state index is 0.261. The lowest BCUT2D eigenvalue weighted by atomic mass is 10.0. The molecule has 3 aromatic carbocycles. The number of rotatable bonds is 4. The highest BCUT2D eigenvalue weighted by Crippen LogP contribution is 2.05. The Kier molecular flexibility index (Phi) is 6.61. The third kappa shape index (κ3) is 6.62. The summed E-state index contributed by atoms with van der Waals surface area (Å²) in [4.78, 5) is 11.8. The van der Waals surface area contributed by atoms with E-state index in [1.807, 2.05) is 66.7 Å². The van der Waals surface area contributed by atoms with Crippen LogP contribution in [0.25, 0.3) is 0 Å². The predicted octanol–water partition coefficient (Wildman–Crippen LogP) is 4.43. The molecule has 0 amide bonds. The van der Waals surface area contributed by atoms with Crippen LogP contribution in [-0.4, -0.2) is 10.9 Å². The van der Waals surface area contributed by atoms with E-state index >= 15 is 0 Å². The van der Waals surface area contributed by atoms with E-state index in [0.29, 0.717) is 18.6 Å². The number of hydrogen-bond acceptors (Lipinski definition) is 2. The predicted molar refractivity (Wildman–Crippen MR) is 93.4 cm³/mol. The standard InChI is InChI=1S/C15H14O.C6H6O/c16-15(11-13-7-3-1-4-8-13)12-14-9-5-2-6-10-14;7-6-4-2-1-3-5-6/h1-10H,11-12H2;1-5,7H. The molecule has 0 unspecified atom stereocenters. The van der Waals surface area contributed by atoms with Gasteiger partial charge in [-0.15, -0.1) is 0 Å². The fourth-order valence-electron chi connectivity index (χ4n) is 2.14. The first kappa shape index (κ1) is 16.5. The molecule has 0 saturated carbocycles. The summed E-state index contributed by atoms with van der Waals surface area (Å²) in [6.45, 7) is 0. The number of ketones is 1. The van der Waals surface area contributed by atoms with Crippen molar-refractivity contribution in [2.24, 2.45) is 0 Å². The molecule has 0 spiro atoms. The monoisotopic (exact) mass is 304 g/mol. The van der Waals surface area contributed by atoms with Gasteiger partial charge in [-0.2, -0.15) is 0 Å². The second kappa shape index (κ2) is 9.21. The number of para-hydroxylation sites is 1. The van der Waals surface area contributed by atoms with E-state index in [4.69, 9.17) is 5.11 Å². The molecule has 3 aromatic rings. The van der Waals surface area contributed by atoms with Gasteiger partial charge in [0.15, 0.2) is 0 Å². The second-order valence-corrected chi connectivity index (χ2v) is 5.20. The highest BCUT2D eigenvalue weighted by Gasteiger charge is 2.04. The van der Waals surface area contributed by atoms with Crippen LogP contribution in [0.15, 0.2) is 91.0 Å². The summed E-state index contributed by atoms with van der Waals surface area (Å²) in [6.07, 6.45) is 1.05. The lowest BCUT2D eigenvalue weighted by molar-refractivity contribution is -0.117. The molecule has 23 heavy (non-hydrogen) atoms. The Balaban J connectivity index is 0.000000229. The van der Waals surface area contributed by atoms with Crippen molar-refractivity contribution in [3.8, 4) is 5.75 Å². The molecule has 0 atom stereocenters. The largest absolute Gasteiger partial charge is 0.508 e. The average Bonchev–Trinajstić information content (AvgIpc) is 2.58. The molecule has 0 saturated heterocycles. The molecule has 0 aliphatic carbocycles. The second-order valence-electron chi connectivity index (χ2n) is 5.20. The zero-order valence-corrected chi connectivity index (χ0v) is 12.9. The van der Waals surface area contributed by atoms with Crippen LogP contribution in [0.1, 0.15) is 11.1 Å². The van der Waals surface area contributed by atoms with Gasteiger partial charge in [0, 0.05) is 12.8 Å². The molecule has 0 aromatic heterocycles. The number of Topliss-reactive ketones (excluding diaryl/α,β-unsaturated/α-hetero) is 1. The van der Waals surface area contributed by atoms with Crippen LogP contribution in [-0.2, 0) is 17.6 Å². The summed E-state index contributed by atoms with van der Waals surface area (Å²) in [5.41, 5.74) is 2.17. The van der Waals surface area contributed by atoms with E-state index in [1.54, 1.807) is 24.3 Å². The summed E-state index contributed by atoms with van der Waals surface area (Å²) < 4.78 is 0. The van der Waals surface area contributed by atoms with Gasteiger partial charge in [0.2, 0.25) is 0 Å². The smallest absolute Gasteiger partial charge is 0.141 e. The van der Waals surface area contributed by atoms with Crippen molar-refractivity contribution in [2.45, 2.75) is 12.8 Å². The quantitative estimate of drug-likeness (QED) is 0.774. The number of carbonyl (C=O) groups excluding carboxylic acids is 1. The van der Waals surface area contributed by atoms with Gasteiger partial charge in [-0.05, 0) is 23.3 Å². The molecule has 0 aliphatic rings. The van der Waals surface area contributed by atoms with Crippen LogP contribution in [0.2, 0.25) is 0 Å². The fraction of sp³-hybridized carbons (Fsp3) is 0.0952. The van der Waals surface area contributed by atoms with E-state index in [0.717, 1.165) is 11.1 Å². The Morgan fingerprint density at radius 1 is 0.609 bits per heavy atom. The van der Waals surface area contributed by atoms with Crippen molar-refractivity contribution >= 4 is 5.78 Å². The number of hydrogen-bond donors (Lipinski definition) is 1. The average molecular weight is 304 g/mol. The molecule has 3 rings (SSSR count). The molecule has 0 fully saturated rings. The molecular weight excluding hydrogens is 284 g/mol. The maximum Gasteiger partial charge on any atom is 0.141 e. The Hall–Kier alpha value is -2.87. The van der Waals surface area contributed by atoms with Gasteiger partial charge in [-0.25, -0.2) is 0 Å². The van der Waals surface area contributed by atoms with Gasteiger partial charge in [0.1, 0.15) is 11.5 Å². The van der Waals surface area contributed by atoms with Crippen LogP contribution in [0, 0.1) is 0 Å². The van der Waals surface area contributed by atoms with Crippen molar-refractivity contribution in [3.05, 3.63) is 102 Å². The molecule has 0 radical (unpaired) electrons. The Morgan fingerprint density at radius 2 is 0.957 bits per heavy atom. The molecule has 116 valence electrons. The summed E-state index contributed by atoms with van der Waals surface area (Å²) in [5.74, 6) is 0.583. The van der Waals surface area contributed by atoms with Crippen molar-refractivity contribution in [2.75, 3.05) is 0 Å². The third-order valence-electron chi connectivity index (χ3n) is 3.24. The highest BCUT2D eigenvalue weighted by atomic mass is 16.3. The molecule has 0 heterocycles. The summed E-state index contributed by atoms with van der Waals surface area (Å²) >= 11 is 0. The van der Waals surface area contributed by atoms with Crippen molar-refractivity contribution < 1.29 is 9.90 Å². The molecule has 1 N–H and O–H groups in total. The summed E-state index contributed by atoms with van der Waals surface area (Å²) in [5, 5.41) is 8.63. The van der Waals surface area contributed by atoms with Crippen LogP contribution in [0.4, 0.5) is 0 Å². The fourth-order valence-corrected chi connectivity index (χ4v) is 2.14. The minimum atomic E-state index is 0.261. The first-order chi connectivity index (χ1) is 11.2. The van der Waals surface area contributed by atoms with Gasteiger partial charge in [0.25, 0.3) is 0 Å². The van der Waals surface area contributed by atoms with E-state index in [1.165, 1.54) is 0 Å². The number of benzene rings is 3. The normalized spacial score (nSPS) is 9.57. The Morgan fingerprint density at radius 3 is 1.26 bits per heavy atom. The van der Waals surface area contributed by atoms with Gasteiger partial charge in [-0.1, -0.05) is 78.9 Å². The van der Waals surface area contributed by atoms with Gasteiger partial charge in [-0.3, -0.25) is 4.79 Å². The third-order valence-corrected chi connectivity index (χ3v) is 3.24. The Labute approximate surface area is 137 Å². The molecule has 2 heteroatoms. The zero-order chi connectivity index (χ0) is 16.3. The summed E-state index contributed by atoms with van der Waals surface area (Å²) in [7, 11) is 0. The van der Waals surface area contributed by atoms with Gasteiger partial charge in [0.05, 0.1) is 0 Å². The maximum atomic E-state index is 11.8. The van der Waals surface area contributed by atoms with Crippen LogP contribution >= 0.6 is 0 Å². The Bertz CT molecular complexity index is 648. The molecule has 2 nitrogen and oxygen atoms in total. The SMILES string of the molecule is O=C(Cc1ccccc1)Cc1ccccc1.Oc1ccccc1. The number of aromatic hydroxyl groups is 1. The lowest BCUT2D eigenvalue weighted by Gasteiger charge is -2.01. The van der Waals surface area contributed by atoms with Crippen molar-refractivity contribution in [3.63, 3.8) is 0 Å². The number of carbonyl (C=O) groups is 1. The first-order valence-corrected chi connectivity index (χ1v) is 7.57. The van der Waals surface area contributed by atoms with E-state index in [-0.39, 0.29) is 5.78 Å². The number of phenolic OH excluding ortho intramolecular Hbond substituents is 1. The van der Waals surface area contributed by atoms with Crippen molar-refractivity contribution in [1.29, 1.82) is 0 Å². The van der Waals surface area contributed by atoms with Gasteiger partial charge >= 0.3 is 0 Å². The number of phenols is 1. The van der Waals surface area contributed by atoms with Crippen LogP contribution in [0.5, 0.6) is 5.75 Å². The zero-order valence-electron chi connectivity index (χ0n) is 12.9. The highest BCUT2D eigenvalue weighted by molar-refractivity contribution is 5.83. The van der Waals surface area contributed by atoms with Crippen LogP contribution in [0.3, 0.4) is 0 Å². The van der Waals surface area contributed by atoms with Gasteiger partial charge < -0.3 is 5.11 Å². The van der Waals surface area contributed by atoms with E-state index in [2.05, 4.69) is 0 Å². The van der Waals surface area contributed by atoms with E-state index < -0.39 is 0 Å². The first-order valence-electron chi connectivity index (χ1n) is 7.57. The topological polar surface area (TPSA) is 37.3 Å². The summed E-state index contributed by atoms with van der Waals surface area (Å²) in [6, 6.07) is 28.4. The van der Waals surface area contributed by atoms with Crippen LogP contribution < -0.4 is 0 Å². The molecule has 0 bridgehead atoms. The maximum absolute atomic E-state index is 11.8. The van der Waals surface area contributed by atoms with E-state index in [9.17, 15) is 4.79 Å².